The van der Waals surface area contributed by atoms with Crippen LogP contribution in [-0.2, 0) is 14.3 Å². The summed E-state index contributed by atoms with van der Waals surface area (Å²) in [5, 5.41) is 8.32. The first-order chi connectivity index (χ1) is 8.41. The van der Waals surface area contributed by atoms with Crippen LogP contribution < -0.4 is 0 Å². The van der Waals surface area contributed by atoms with Crippen LogP contribution >= 0.6 is 0 Å². The van der Waals surface area contributed by atoms with E-state index < -0.39 is 11.9 Å². The number of carbonyl (C=O) groups is 2. The third-order valence-corrected chi connectivity index (χ3v) is 2.43. The molecule has 0 aliphatic rings. The van der Waals surface area contributed by atoms with E-state index in [4.69, 9.17) is 9.84 Å². The number of allylic oxidation sites excluding steroid dienone is 2. The minimum atomic E-state index is -1.15. The number of aliphatic carboxylic acids is 1. The number of carboxylic acid groups (broad SMARTS) is 1. The highest BCUT2D eigenvalue weighted by molar-refractivity contribution is 5.90. The van der Waals surface area contributed by atoms with Gasteiger partial charge in [0.2, 0.25) is 0 Å². The minimum absolute atomic E-state index is 0.332. The van der Waals surface area contributed by atoms with Gasteiger partial charge in [0.25, 0.3) is 0 Å². The first-order valence-electron chi connectivity index (χ1n) is 6.13. The van der Waals surface area contributed by atoms with Gasteiger partial charge in [0.15, 0.2) is 0 Å². The molecule has 0 fully saturated rings. The van der Waals surface area contributed by atoms with Crippen LogP contribution in [0.1, 0.15) is 40.0 Å². The summed E-state index contributed by atoms with van der Waals surface area (Å²) in [5.74, 6) is -1.27. The smallest absolute Gasteiger partial charge is 0.331 e. The van der Waals surface area contributed by atoms with Crippen LogP contribution in [0.25, 0.3) is 0 Å². The van der Waals surface area contributed by atoms with E-state index in [-0.39, 0.29) is 0 Å². The third-order valence-electron chi connectivity index (χ3n) is 2.43. The Hall–Kier alpha value is -1.58. The van der Waals surface area contributed by atoms with E-state index in [0.717, 1.165) is 31.4 Å². The van der Waals surface area contributed by atoms with E-state index in [1.54, 1.807) is 0 Å². The SMILES string of the molecule is CC(C)=CCCC(C)CCOC(=O)C=CC(=O)O. The summed E-state index contributed by atoms with van der Waals surface area (Å²) in [6.45, 7) is 6.58. The Kier molecular flexibility index (Phi) is 8.62. The average Bonchev–Trinajstić information content (AvgIpc) is 2.25. The lowest BCUT2D eigenvalue weighted by atomic mass is 10.0. The molecule has 0 aromatic heterocycles. The summed E-state index contributed by atoms with van der Waals surface area (Å²) in [6, 6.07) is 0. The Morgan fingerprint density at radius 3 is 2.44 bits per heavy atom. The molecule has 4 heteroatoms. The topological polar surface area (TPSA) is 63.6 Å². The predicted molar refractivity (Wildman–Crippen MR) is 70.2 cm³/mol. The van der Waals surface area contributed by atoms with Gasteiger partial charge in [-0.2, -0.15) is 0 Å². The second-order valence-corrected chi connectivity index (χ2v) is 4.59. The molecule has 0 aromatic rings. The molecule has 0 bridgehead atoms. The summed E-state index contributed by atoms with van der Waals surface area (Å²) in [7, 11) is 0. The molecule has 4 nitrogen and oxygen atoms in total. The molecule has 102 valence electrons. The maximum atomic E-state index is 11.1. The van der Waals surface area contributed by atoms with Gasteiger partial charge in [0.1, 0.15) is 0 Å². The standard InChI is InChI=1S/C14H22O4/c1-11(2)5-4-6-12(3)9-10-18-14(17)8-7-13(15)16/h5,7-8,12H,4,6,9-10H2,1-3H3,(H,15,16). The lowest BCUT2D eigenvalue weighted by Crippen LogP contribution is -2.07. The third kappa shape index (κ3) is 10.9. The average molecular weight is 254 g/mol. The van der Waals surface area contributed by atoms with Crippen molar-refractivity contribution in [2.24, 2.45) is 5.92 Å². The molecule has 0 spiro atoms. The zero-order valence-electron chi connectivity index (χ0n) is 11.3. The monoisotopic (exact) mass is 254 g/mol. The van der Waals surface area contributed by atoms with Crippen molar-refractivity contribution in [1.82, 2.24) is 0 Å². The van der Waals surface area contributed by atoms with Gasteiger partial charge in [-0.05, 0) is 39.0 Å². The van der Waals surface area contributed by atoms with Gasteiger partial charge in [0.05, 0.1) is 6.61 Å². The lowest BCUT2D eigenvalue weighted by Gasteiger charge is -2.09. The van der Waals surface area contributed by atoms with E-state index in [1.165, 1.54) is 5.57 Å². The number of ether oxygens (including phenoxy) is 1. The molecule has 0 amide bonds. The van der Waals surface area contributed by atoms with Crippen LogP contribution in [0.4, 0.5) is 0 Å². The summed E-state index contributed by atoms with van der Waals surface area (Å²) < 4.78 is 4.89. The van der Waals surface area contributed by atoms with Crippen molar-refractivity contribution in [3.05, 3.63) is 23.8 Å². The zero-order valence-corrected chi connectivity index (χ0v) is 11.3. The minimum Gasteiger partial charge on any atom is -0.478 e. The largest absolute Gasteiger partial charge is 0.478 e. The van der Waals surface area contributed by atoms with Crippen LogP contribution in [0.3, 0.4) is 0 Å². The Balaban J connectivity index is 3.68. The molecule has 18 heavy (non-hydrogen) atoms. The molecule has 0 aromatic carbocycles. The Labute approximate surface area is 108 Å². The van der Waals surface area contributed by atoms with Crippen molar-refractivity contribution in [2.45, 2.75) is 40.0 Å². The molecular weight excluding hydrogens is 232 g/mol. The first-order valence-corrected chi connectivity index (χ1v) is 6.13. The number of hydrogen-bond acceptors (Lipinski definition) is 3. The Morgan fingerprint density at radius 1 is 1.22 bits per heavy atom. The molecule has 1 unspecified atom stereocenters. The van der Waals surface area contributed by atoms with Crippen molar-refractivity contribution in [1.29, 1.82) is 0 Å². The molecule has 0 saturated carbocycles. The van der Waals surface area contributed by atoms with Crippen molar-refractivity contribution < 1.29 is 19.4 Å². The van der Waals surface area contributed by atoms with Gasteiger partial charge in [-0.25, -0.2) is 9.59 Å². The van der Waals surface area contributed by atoms with Gasteiger partial charge < -0.3 is 9.84 Å². The van der Waals surface area contributed by atoms with Crippen molar-refractivity contribution in [2.75, 3.05) is 6.61 Å². The highest BCUT2D eigenvalue weighted by Gasteiger charge is 2.03. The molecule has 0 aliphatic carbocycles. The molecule has 0 rings (SSSR count). The molecule has 1 atom stereocenters. The van der Waals surface area contributed by atoms with E-state index in [9.17, 15) is 9.59 Å². The van der Waals surface area contributed by atoms with E-state index >= 15 is 0 Å². The van der Waals surface area contributed by atoms with Crippen molar-refractivity contribution in [3.8, 4) is 0 Å². The van der Waals surface area contributed by atoms with Gasteiger partial charge in [-0.3, -0.25) is 0 Å². The molecule has 1 N–H and O–H groups in total. The molecular formula is C14H22O4. The van der Waals surface area contributed by atoms with Crippen molar-refractivity contribution in [3.63, 3.8) is 0 Å². The Morgan fingerprint density at radius 2 is 1.89 bits per heavy atom. The molecule has 0 radical (unpaired) electrons. The highest BCUT2D eigenvalue weighted by atomic mass is 16.5. The number of carbonyl (C=O) groups excluding carboxylic acids is 1. The first kappa shape index (κ1) is 16.4. The van der Waals surface area contributed by atoms with E-state index in [2.05, 4.69) is 26.8 Å². The maximum Gasteiger partial charge on any atom is 0.331 e. The summed E-state index contributed by atoms with van der Waals surface area (Å²) in [5.41, 5.74) is 1.31. The van der Waals surface area contributed by atoms with Crippen molar-refractivity contribution >= 4 is 11.9 Å². The number of rotatable bonds is 8. The second kappa shape index (κ2) is 9.45. The predicted octanol–water partition coefficient (Wildman–Crippen LogP) is 2.94. The highest BCUT2D eigenvalue weighted by Crippen LogP contribution is 2.11. The fraction of sp³-hybridized carbons (Fsp3) is 0.571. The van der Waals surface area contributed by atoms with E-state index in [1.807, 2.05) is 0 Å². The van der Waals surface area contributed by atoms with Gasteiger partial charge in [-0.1, -0.05) is 18.6 Å². The summed E-state index contributed by atoms with van der Waals surface area (Å²) >= 11 is 0. The fourth-order valence-corrected chi connectivity index (χ4v) is 1.35. The summed E-state index contributed by atoms with van der Waals surface area (Å²) in [6.07, 6.45) is 6.79. The summed E-state index contributed by atoms with van der Waals surface area (Å²) in [4.78, 5) is 21.2. The number of carboxylic acids is 1. The Bertz CT molecular complexity index is 325. The number of esters is 1. The molecule has 0 saturated heterocycles. The normalized spacial score (nSPS) is 12.2. The maximum absolute atomic E-state index is 11.1. The number of hydrogen-bond donors (Lipinski definition) is 1. The van der Waals surface area contributed by atoms with Crippen LogP contribution in [0.15, 0.2) is 23.8 Å². The van der Waals surface area contributed by atoms with Crippen LogP contribution in [0.5, 0.6) is 0 Å². The van der Waals surface area contributed by atoms with Gasteiger partial charge in [-0.15, -0.1) is 0 Å². The van der Waals surface area contributed by atoms with Crippen LogP contribution in [0.2, 0.25) is 0 Å². The quantitative estimate of drug-likeness (QED) is 0.411. The molecule has 0 aliphatic heterocycles. The molecule has 0 heterocycles. The van der Waals surface area contributed by atoms with Gasteiger partial charge in [0, 0.05) is 12.2 Å². The van der Waals surface area contributed by atoms with Crippen LogP contribution in [-0.4, -0.2) is 23.7 Å². The van der Waals surface area contributed by atoms with Crippen LogP contribution in [0, 0.1) is 5.92 Å². The lowest BCUT2D eigenvalue weighted by molar-refractivity contribution is -0.139. The second-order valence-electron chi connectivity index (χ2n) is 4.59. The zero-order chi connectivity index (χ0) is 14.0. The van der Waals surface area contributed by atoms with E-state index in [0.29, 0.717) is 12.5 Å². The fourth-order valence-electron chi connectivity index (χ4n) is 1.35. The van der Waals surface area contributed by atoms with Gasteiger partial charge >= 0.3 is 11.9 Å².